The molecule has 0 saturated carbocycles. The van der Waals surface area contributed by atoms with Gasteiger partial charge in [-0.1, -0.05) is 36.9 Å². The lowest BCUT2D eigenvalue weighted by atomic mass is 10.1. The molecule has 0 atom stereocenters. The number of carbonyl (C=O) groups is 1. The lowest BCUT2D eigenvalue weighted by Gasteiger charge is -2.27. The summed E-state index contributed by atoms with van der Waals surface area (Å²) in [6, 6.07) is 15.4. The van der Waals surface area contributed by atoms with Gasteiger partial charge in [-0.3, -0.25) is 4.79 Å². The predicted octanol–water partition coefficient (Wildman–Crippen LogP) is 3.53. The molecular formula is C23H23N3O3. The summed E-state index contributed by atoms with van der Waals surface area (Å²) in [5.41, 5.74) is 3.16. The third-order valence-corrected chi connectivity index (χ3v) is 4.73. The summed E-state index contributed by atoms with van der Waals surface area (Å²) < 4.78 is 10.9. The maximum Gasteiger partial charge on any atom is 0.257 e. The number of aromatic amines is 1. The highest BCUT2D eigenvalue weighted by Gasteiger charge is 2.24. The fourth-order valence-electron chi connectivity index (χ4n) is 3.23. The number of nitrogens with zero attached hydrogens (tertiary/aromatic N) is 2. The van der Waals surface area contributed by atoms with Gasteiger partial charge in [-0.05, 0) is 35.9 Å². The van der Waals surface area contributed by atoms with Gasteiger partial charge < -0.3 is 19.4 Å². The molecule has 0 spiro atoms. The van der Waals surface area contributed by atoms with E-state index in [0.717, 1.165) is 22.3 Å². The first-order valence-electron chi connectivity index (χ1n) is 9.62. The molecule has 0 aliphatic carbocycles. The van der Waals surface area contributed by atoms with Gasteiger partial charge in [-0.2, -0.15) is 0 Å². The van der Waals surface area contributed by atoms with E-state index >= 15 is 0 Å². The zero-order valence-electron chi connectivity index (χ0n) is 16.1. The SMILES string of the molecule is C=CCOc1ccc(/C=C(\C(=O)N2CCOCC2)c2nc3ccccc3[nH]2)cc1. The van der Waals surface area contributed by atoms with Crippen molar-refractivity contribution in [2.75, 3.05) is 32.9 Å². The summed E-state index contributed by atoms with van der Waals surface area (Å²) in [4.78, 5) is 23.0. The zero-order valence-corrected chi connectivity index (χ0v) is 16.1. The number of carbonyl (C=O) groups excluding carboxylic acids is 1. The van der Waals surface area contributed by atoms with Crippen LogP contribution in [0, 0.1) is 0 Å². The van der Waals surface area contributed by atoms with Crippen LogP contribution in [0.15, 0.2) is 61.2 Å². The van der Waals surface area contributed by atoms with Crippen LogP contribution in [0.3, 0.4) is 0 Å². The van der Waals surface area contributed by atoms with Crippen molar-refractivity contribution in [1.29, 1.82) is 0 Å². The fourth-order valence-corrected chi connectivity index (χ4v) is 3.23. The van der Waals surface area contributed by atoms with E-state index in [2.05, 4.69) is 16.5 Å². The average molecular weight is 389 g/mol. The summed E-state index contributed by atoms with van der Waals surface area (Å²) in [6.07, 6.45) is 3.57. The van der Waals surface area contributed by atoms with Crippen molar-refractivity contribution in [2.24, 2.45) is 0 Å². The lowest BCUT2D eigenvalue weighted by Crippen LogP contribution is -2.41. The number of aromatic nitrogens is 2. The molecule has 1 aromatic heterocycles. The molecule has 3 aromatic rings. The van der Waals surface area contributed by atoms with Crippen molar-refractivity contribution < 1.29 is 14.3 Å². The number of benzene rings is 2. The number of H-pyrrole nitrogens is 1. The molecular weight excluding hydrogens is 366 g/mol. The van der Waals surface area contributed by atoms with Crippen molar-refractivity contribution in [3.05, 3.63) is 72.6 Å². The molecule has 1 aliphatic heterocycles. The van der Waals surface area contributed by atoms with Gasteiger partial charge in [0, 0.05) is 13.1 Å². The minimum atomic E-state index is -0.0562. The number of imidazole rings is 1. The quantitative estimate of drug-likeness (QED) is 0.517. The molecule has 148 valence electrons. The molecule has 1 amide bonds. The van der Waals surface area contributed by atoms with E-state index in [-0.39, 0.29) is 5.91 Å². The summed E-state index contributed by atoms with van der Waals surface area (Å²) in [5, 5.41) is 0. The van der Waals surface area contributed by atoms with Gasteiger partial charge in [-0.25, -0.2) is 4.98 Å². The summed E-state index contributed by atoms with van der Waals surface area (Å²) in [6.45, 7) is 6.35. The molecule has 29 heavy (non-hydrogen) atoms. The first kappa shape index (κ1) is 19.0. The standard InChI is InChI=1S/C23H23N3O3/c1-2-13-29-18-9-7-17(8-10-18)16-19(23(27)26-11-14-28-15-12-26)22-24-20-5-3-4-6-21(20)25-22/h2-10,16H,1,11-15H2,(H,24,25)/b19-16-. The molecule has 0 unspecified atom stereocenters. The van der Waals surface area contributed by atoms with E-state index in [9.17, 15) is 4.79 Å². The van der Waals surface area contributed by atoms with Crippen molar-refractivity contribution in [3.63, 3.8) is 0 Å². The molecule has 2 heterocycles. The number of nitrogens with one attached hydrogen (secondary N) is 1. The highest BCUT2D eigenvalue weighted by Crippen LogP contribution is 2.23. The Kier molecular flexibility index (Phi) is 5.72. The Hall–Kier alpha value is -3.38. The van der Waals surface area contributed by atoms with Crippen LogP contribution in [-0.4, -0.2) is 53.7 Å². The highest BCUT2D eigenvalue weighted by atomic mass is 16.5. The molecule has 2 aromatic carbocycles. The number of hydrogen-bond donors (Lipinski definition) is 1. The minimum Gasteiger partial charge on any atom is -0.490 e. The Balaban J connectivity index is 1.69. The Morgan fingerprint density at radius 3 is 2.66 bits per heavy atom. The number of rotatable bonds is 6. The van der Waals surface area contributed by atoms with Crippen molar-refractivity contribution >= 4 is 28.6 Å². The van der Waals surface area contributed by atoms with E-state index in [1.807, 2.05) is 59.5 Å². The third kappa shape index (κ3) is 4.38. The molecule has 6 heteroatoms. The fraction of sp³-hybridized carbons (Fsp3) is 0.217. The lowest BCUT2D eigenvalue weighted by molar-refractivity contribution is -0.128. The molecule has 0 bridgehead atoms. The van der Waals surface area contributed by atoms with E-state index in [1.54, 1.807) is 6.08 Å². The topological polar surface area (TPSA) is 67.4 Å². The van der Waals surface area contributed by atoms with E-state index in [0.29, 0.717) is 44.3 Å². The van der Waals surface area contributed by atoms with Crippen LogP contribution < -0.4 is 4.74 Å². The van der Waals surface area contributed by atoms with Gasteiger partial charge in [0.05, 0.1) is 29.8 Å². The molecule has 0 radical (unpaired) electrons. The van der Waals surface area contributed by atoms with E-state index < -0.39 is 0 Å². The second-order valence-corrected chi connectivity index (χ2v) is 6.73. The molecule has 6 nitrogen and oxygen atoms in total. The smallest absolute Gasteiger partial charge is 0.257 e. The van der Waals surface area contributed by atoms with Crippen LogP contribution in [0.4, 0.5) is 0 Å². The van der Waals surface area contributed by atoms with Crippen LogP contribution >= 0.6 is 0 Å². The van der Waals surface area contributed by atoms with Gasteiger partial charge in [0.25, 0.3) is 5.91 Å². The van der Waals surface area contributed by atoms with Crippen LogP contribution in [-0.2, 0) is 9.53 Å². The average Bonchev–Trinajstić information content (AvgIpc) is 3.21. The molecule has 1 fully saturated rings. The van der Waals surface area contributed by atoms with Crippen molar-refractivity contribution in [1.82, 2.24) is 14.9 Å². The van der Waals surface area contributed by atoms with Gasteiger partial charge in [0.2, 0.25) is 0 Å². The Morgan fingerprint density at radius 1 is 1.17 bits per heavy atom. The van der Waals surface area contributed by atoms with Crippen molar-refractivity contribution in [3.8, 4) is 5.75 Å². The van der Waals surface area contributed by atoms with Crippen LogP contribution in [0.2, 0.25) is 0 Å². The molecule has 1 saturated heterocycles. The maximum atomic E-state index is 13.3. The minimum absolute atomic E-state index is 0.0562. The van der Waals surface area contributed by atoms with Gasteiger partial charge in [-0.15, -0.1) is 0 Å². The van der Waals surface area contributed by atoms with Gasteiger partial charge in [0.1, 0.15) is 18.2 Å². The third-order valence-electron chi connectivity index (χ3n) is 4.73. The van der Waals surface area contributed by atoms with Crippen LogP contribution in [0.5, 0.6) is 5.75 Å². The molecule has 1 aliphatic rings. The molecule has 4 rings (SSSR count). The molecule has 1 N–H and O–H groups in total. The number of amides is 1. The monoisotopic (exact) mass is 389 g/mol. The van der Waals surface area contributed by atoms with E-state index in [1.165, 1.54) is 0 Å². The number of fused-ring (bicyclic) bond motifs is 1. The number of para-hydroxylation sites is 2. The van der Waals surface area contributed by atoms with Gasteiger partial charge >= 0.3 is 0 Å². The first-order valence-corrected chi connectivity index (χ1v) is 9.62. The maximum absolute atomic E-state index is 13.3. The summed E-state index contributed by atoms with van der Waals surface area (Å²) in [5.74, 6) is 1.26. The van der Waals surface area contributed by atoms with Crippen LogP contribution in [0.25, 0.3) is 22.7 Å². The highest BCUT2D eigenvalue weighted by molar-refractivity contribution is 6.23. The summed E-state index contributed by atoms with van der Waals surface area (Å²) >= 11 is 0. The Labute approximate surface area is 169 Å². The first-order chi connectivity index (χ1) is 14.2. The number of morpholine rings is 1. The van der Waals surface area contributed by atoms with E-state index in [4.69, 9.17) is 9.47 Å². The predicted molar refractivity (Wildman–Crippen MR) is 113 cm³/mol. The Bertz CT molecular complexity index is 998. The summed E-state index contributed by atoms with van der Waals surface area (Å²) in [7, 11) is 0. The normalized spacial score (nSPS) is 14.8. The number of ether oxygens (including phenoxy) is 2. The largest absolute Gasteiger partial charge is 0.490 e. The van der Waals surface area contributed by atoms with Gasteiger partial charge in [0.15, 0.2) is 0 Å². The Morgan fingerprint density at radius 2 is 1.93 bits per heavy atom. The zero-order chi connectivity index (χ0) is 20.1. The number of hydrogen-bond acceptors (Lipinski definition) is 4. The van der Waals surface area contributed by atoms with Crippen molar-refractivity contribution in [2.45, 2.75) is 0 Å². The second kappa shape index (κ2) is 8.75. The second-order valence-electron chi connectivity index (χ2n) is 6.73. The van der Waals surface area contributed by atoms with Crippen LogP contribution in [0.1, 0.15) is 11.4 Å².